The van der Waals surface area contributed by atoms with Crippen molar-refractivity contribution in [1.29, 1.82) is 0 Å². The molecule has 0 aromatic carbocycles. The fourth-order valence-electron chi connectivity index (χ4n) is 3.23. The van der Waals surface area contributed by atoms with Crippen LogP contribution in [0.25, 0.3) is 16.9 Å². The third kappa shape index (κ3) is 3.73. The van der Waals surface area contributed by atoms with Crippen molar-refractivity contribution >= 4 is 34.5 Å². The first-order chi connectivity index (χ1) is 12.9. The summed E-state index contributed by atoms with van der Waals surface area (Å²) in [6, 6.07) is 3.95. The predicted octanol–water partition coefficient (Wildman–Crippen LogP) is 3.05. The second-order valence-electron chi connectivity index (χ2n) is 8.12. The molecule has 0 radical (unpaired) electrons. The van der Waals surface area contributed by atoms with E-state index in [1.54, 1.807) is 0 Å². The number of carbonyl (C=O) groups is 1. The van der Waals surface area contributed by atoms with Gasteiger partial charge >= 0.3 is 0 Å². The van der Waals surface area contributed by atoms with Crippen LogP contribution in [0, 0.1) is 5.41 Å². The number of morpholine rings is 1. The fraction of sp³-hybridized carbons (Fsp3) is 0.450. The van der Waals surface area contributed by atoms with Crippen LogP contribution in [0.4, 0.5) is 11.8 Å². The third-order valence-electron chi connectivity index (χ3n) is 4.56. The minimum absolute atomic E-state index is 0.0450. The van der Waals surface area contributed by atoms with E-state index in [1.165, 1.54) is 0 Å². The Morgan fingerprint density at radius 1 is 1.22 bits per heavy atom. The molecule has 1 N–H and O–H groups in total. The number of fused-ring (bicyclic) bond motifs is 1. The lowest BCUT2D eigenvalue weighted by atomic mass is 9.92. The summed E-state index contributed by atoms with van der Waals surface area (Å²) >= 11 is 0. The molecular formula is C20H25N5O2. The Balaban J connectivity index is 1.70. The van der Waals surface area contributed by atoms with Crippen LogP contribution in [0.15, 0.2) is 30.4 Å². The molecule has 1 saturated heterocycles. The van der Waals surface area contributed by atoms with Crippen LogP contribution in [0.2, 0.25) is 0 Å². The molecule has 0 unspecified atom stereocenters. The van der Waals surface area contributed by atoms with Crippen molar-refractivity contribution in [2.75, 3.05) is 36.5 Å². The number of pyridine rings is 1. The largest absolute Gasteiger partial charge is 0.378 e. The third-order valence-corrected chi connectivity index (χ3v) is 4.56. The van der Waals surface area contributed by atoms with Crippen LogP contribution < -0.4 is 10.2 Å². The average molecular weight is 367 g/mol. The van der Waals surface area contributed by atoms with E-state index in [2.05, 4.69) is 15.2 Å². The Hall–Kier alpha value is -2.67. The van der Waals surface area contributed by atoms with Gasteiger partial charge in [-0.15, -0.1) is 0 Å². The summed E-state index contributed by atoms with van der Waals surface area (Å²) in [5, 5.41) is 2.97. The lowest BCUT2D eigenvalue weighted by Crippen LogP contribution is -2.36. The number of allylic oxidation sites excluding steroid dienone is 4. The number of rotatable bonds is 4. The van der Waals surface area contributed by atoms with Gasteiger partial charge < -0.3 is 9.64 Å². The summed E-state index contributed by atoms with van der Waals surface area (Å²) in [5.74, 6) is 1.38. The predicted molar refractivity (Wildman–Crippen MR) is 107 cm³/mol. The van der Waals surface area contributed by atoms with Crippen molar-refractivity contribution in [3.8, 4) is 0 Å². The number of nitrogens with zero attached hydrogens (tertiary/aromatic N) is 4. The highest BCUT2D eigenvalue weighted by Gasteiger charge is 2.22. The number of hydrogen-bond donors (Lipinski definition) is 1. The maximum Gasteiger partial charge on any atom is 0.227 e. The van der Waals surface area contributed by atoms with Crippen molar-refractivity contribution in [2.45, 2.75) is 27.2 Å². The molecule has 2 aliphatic rings. The van der Waals surface area contributed by atoms with E-state index < -0.39 is 0 Å². The quantitative estimate of drug-likeness (QED) is 0.899. The molecule has 1 fully saturated rings. The van der Waals surface area contributed by atoms with Crippen LogP contribution in [-0.2, 0) is 9.53 Å². The molecular weight excluding hydrogens is 342 g/mol. The molecule has 4 rings (SSSR count). The van der Waals surface area contributed by atoms with Gasteiger partial charge in [0.15, 0.2) is 5.65 Å². The summed E-state index contributed by atoms with van der Waals surface area (Å²) in [5.41, 5.74) is 2.40. The fourth-order valence-corrected chi connectivity index (χ4v) is 3.23. The summed E-state index contributed by atoms with van der Waals surface area (Å²) in [6.45, 7) is 9.20. The Morgan fingerprint density at radius 2 is 1.96 bits per heavy atom. The van der Waals surface area contributed by atoms with Crippen LogP contribution in [0.1, 0.15) is 27.2 Å². The second-order valence-corrected chi connectivity index (χ2v) is 8.12. The van der Waals surface area contributed by atoms with Crippen molar-refractivity contribution in [1.82, 2.24) is 14.5 Å². The minimum atomic E-state index is -0.0850. The van der Waals surface area contributed by atoms with Crippen LogP contribution in [0.3, 0.4) is 0 Å². The summed E-state index contributed by atoms with van der Waals surface area (Å²) in [7, 11) is 0. The van der Waals surface area contributed by atoms with Crippen molar-refractivity contribution in [2.24, 2.45) is 5.41 Å². The molecule has 1 aliphatic heterocycles. The molecule has 27 heavy (non-hydrogen) atoms. The highest BCUT2D eigenvalue weighted by molar-refractivity contribution is 5.94. The van der Waals surface area contributed by atoms with Crippen LogP contribution in [0.5, 0.6) is 0 Å². The molecule has 1 aliphatic carbocycles. The van der Waals surface area contributed by atoms with Gasteiger partial charge in [0.25, 0.3) is 0 Å². The highest BCUT2D eigenvalue weighted by Crippen LogP contribution is 2.29. The molecule has 7 nitrogen and oxygen atoms in total. The van der Waals surface area contributed by atoms with Gasteiger partial charge in [0.2, 0.25) is 11.9 Å². The molecule has 0 spiro atoms. The SMILES string of the molecule is CC(C)(C)CC(=O)Nc1nc2ccc(N3CCOCC3)nc2n1C1=CC=C1. The molecule has 3 heterocycles. The Labute approximate surface area is 158 Å². The van der Waals surface area contributed by atoms with E-state index >= 15 is 0 Å². The average Bonchev–Trinajstić information content (AvgIpc) is 2.89. The van der Waals surface area contributed by atoms with E-state index in [4.69, 9.17) is 9.72 Å². The zero-order valence-corrected chi connectivity index (χ0v) is 16.0. The number of hydrogen-bond acceptors (Lipinski definition) is 5. The first kappa shape index (κ1) is 17.7. The number of ether oxygens (including phenoxy) is 1. The van der Waals surface area contributed by atoms with Crippen molar-refractivity contribution in [3.05, 3.63) is 30.4 Å². The van der Waals surface area contributed by atoms with Gasteiger partial charge in [0.1, 0.15) is 11.3 Å². The molecule has 0 atom stereocenters. The van der Waals surface area contributed by atoms with Crippen molar-refractivity contribution < 1.29 is 9.53 Å². The van der Waals surface area contributed by atoms with Gasteiger partial charge in [-0.1, -0.05) is 26.8 Å². The highest BCUT2D eigenvalue weighted by atomic mass is 16.5. The molecule has 2 aromatic heterocycles. The topological polar surface area (TPSA) is 72.3 Å². The van der Waals surface area contributed by atoms with Crippen LogP contribution in [-0.4, -0.2) is 46.7 Å². The van der Waals surface area contributed by atoms with Gasteiger partial charge in [-0.05, 0) is 29.7 Å². The molecule has 0 saturated carbocycles. The van der Waals surface area contributed by atoms with Gasteiger partial charge in [-0.3, -0.25) is 14.7 Å². The molecule has 7 heteroatoms. The number of nitrogens with one attached hydrogen (secondary N) is 1. The van der Waals surface area contributed by atoms with Gasteiger partial charge in [0, 0.05) is 19.5 Å². The van der Waals surface area contributed by atoms with E-state index in [0.29, 0.717) is 25.6 Å². The first-order valence-corrected chi connectivity index (χ1v) is 9.31. The Kier molecular flexibility index (Phi) is 4.47. The van der Waals surface area contributed by atoms with E-state index in [1.807, 2.05) is 55.7 Å². The first-order valence-electron chi connectivity index (χ1n) is 9.31. The standard InChI is InChI=1S/C20H25N5O2/c1-20(2,3)13-17(26)23-19-21-15-7-8-16(24-9-11-27-12-10-24)22-18(15)25(19)14-5-4-6-14/h4-8H,9-13H2,1-3H3,(H,21,23,26). The maximum atomic E-state index is 12.5. The van der Waals surface area contributed by atoms with Gasteiger partial charge in [-0.2, -0.15) is 0 Å². The molecule has 0 bridgehead atoms. The number of aromatic nitrogens is 3. The Morgan fingerprint density at radius 3 is 2.59 bits per heavy atom. The minimum Gasteiger partial charge on any atom is -0.378 e. The monoisotopic (exact) mass is 367 g/mol. The maximum absolute atomic E-state index is 12.5. The lowest BCUT2D eigenvalue weighted by molar-refractivity contribution is -0.117. The number of imidazole rings is 1. The number of carbonyl (C=O) groups excluding carboxylic acids is 1. The zero-order valence-electron chi connectivity index (χ0n) is 16.0. The van der Waals surface area contributed by atoms with Gasteiger partial charge in [-0.25, -0.2) is 9.97 Å². The summed E-state index contributed by atoms with van der Waals surface area (Å²) in [4.78, 5) is 24.1. The van der Waals surface area contributed by atoms with E-state index in [0.717, 1.165) is 35.8 Å². The number of anilines is 2. The van der Waals surface area contributed by atoms with Crippen molar-refractivity contribution in [3.63, 3.8) is 0 Å². The Bertz CT molecular complexity index is 930. The molecule has 1 amide bonds. The summed E-state index contributed by atoms with van der Waals surface area (Å²) < 4.78 is 7.35. The van der Waals surface area contributed by atoms with E-state index in [-0.39, 0.29) is 11.3 Å². The van der Waals surface area contributed by atoms with Crippen LogP contribution >= 0.6 is 0 Å². The second kappa shape index (κ2) is 6.81. The summed E-state index contributed by atoms with van der Waals surface area (Å²) in [6.07, 6.45) is 6.37. The van der Waals surface area contributed by atoms with E-state index in [9.17, 15) is 4.79 Å². The number of amides is 1. The smallest absolute Gasteiger partial charge is 0.227 e. The molecule has 142 valence electrons. The van der Waals surface area contributed by atoms with Gasteiger partial charge in [0.05, 0.1) is 18.9 Å². The molecule has 2 aromatic rings. The lowest BCUT2D eigenvalue weighted by Gasteiger charge is -2.27. The normalized spacial score (nSPS) is 17.0. The zero-order chi connectivity index (χ0) is 19.0.